The molecule has 0 amide bonds. The highest BCUT2D eigenvalue weighted by Gasteiger charge is 2.16. The van der Waals surface area contributed by atoms with Crippen LogP contribution in [0.2, 0.25) is 0 Å². The number of hydrogen-bond donors (Lipinski definition) is 1. The van der Waals surface area contributed by atoms with E-state index >= 15 is 0 Å². The molecule has 0 spiro atoms. The zero-order valence-electron chi connectivity index (χ0n) is 10.0. The number of aryl methyl sites for hydroxylation is 1. The Morgan fingerprint density at radius 2 is 2.06 bits per heavy atom. The van der Waals surface area contributed by atoms with Crippen molar-refractivity contribution in [1.82, 2.24) is 14.9 Å². The Kier molecular flexibility index (Phi) is 3.54. The van der Waals surface area contributed by atoms with E-state index in [4.69, 9.17) is 0 Å². The Bertz CT molecular complexity index is 476. The van der Waals surface area contributed by atoms with Crippen molar-refractivity contribution in [2.45, 2.75) is 13.0 Å². The molecule has 0 aliphatic heterocycles. The third kappa shape index (κ3) is 2.53. The lowest BCUT2D eigenvalue weighted by molar-refractivity contribution is 0.573. The van der Waals surface area contributed by atoms with E-state index in [-0.39, 0.29) is 11.9 Å². The minimum atomic E-state index is -0.219. The van der Waals surface area contributed by atoms with E-state index in [1.54, 1.807) is 18.3 Å². The van der Waals surface area contributed by atoms with Gasteiger partial charge in [0.05, 0.1) is 6.04 Å². The summed E-state index contributed by atoms with van der Waals surface area (Å²) in [6.45, 7) is 2.87. The molecule has 2 rings (SSSR count). The molecule has 1 heterocycles. The van der Waals surface area contributed by atoms with Gasteiger partial charge in [0.15, 0.2) is 0 Å². The number of benzene rings is 1. The molecule has 1 unspecified atom stereocenters. The number of aromatic nitrogens is 2. The van der Waals surface area contributed by atoms with Crippen LogP contribution in [-0.2, 0) is 7.05 Å². The molecule has 90 valence electrons. The molecule has 0 bridgehead atoms. The van der Waals surface area contributed by atoms with Gasteiger partial charge in [0.25, 0.3) is 0 Å². The van der Waals surface area contributed by atoms with Gasteiger partial charge in [-0.25, -0.2) is 9.37 Å². The maximum atomic E-state index is 12.9. The second-order valence-electron chi connectivity index (χ2n) is 3.94. The molecule has 0 aliphatic rings. The maximum absolute atomic E-state index is 12.9. The van der Waals surface area contributed by atoms with Crippen LogP contribution in [0, 0.1) is 5.82 Å². The topological polar surface area (TPSA) is 29.9 Å². The van der Waals surface area contributed by atoms with E-state index in [2.05, 4.69) is 10.3 Å². The standard InChI is InChI=1S/C13H16FN3/c1-3-15-12(13-16-8-9-17(13)2)10-4-6-11(14)7-5-10/h4-9,12,15H,3H2,1-2H3. The molecule has 17 heavy (non-hydrogen) atoms. The minimum Gasteiger partial charge on any atom is -0.336 e. The van der Waals surface area contributed by atoms with Gasteiger partial charge in [0.1, 0.15) is 11.6 Å². The predicted octanol–water partition coefficient (Wildman–Crippen LogP) is 2.26. The maximum Gasteiger partial charge on any atom is 0.130 e. The molecular weight excluding hydrogens is 217 g/mol. The van der Waals surface area contributed by atoms with Crippen LogP contribution in [0.3, 0.4) is 0 Å². The second-order valence-corrected chi connectivity index (χ2v) is 3.94. The van der Waals surface area contributed by atoms with Gasteiger partial charge in [0.2, 0.25) is 0 Å². The van der Waals surface area contributed by atoms with E-state index in [9.17, 15) is 4.39 Å². The summed E-state index contributed by atoms with van der Waals surface area (Å²) < 4.78 is 14.9. The van der Waals surface area contributed by atoms with Gasteiger partial charge in [-0.15, -0.1) is 0 Å². The van der Waals surface area contributed by atoms with Gasteiger partial charge in [-0.3, -0.25) is 0 Å². The molecule has 4 heteroatoms. The van der Waals surface area contributed by atoms with Crippen LogP contribution in [0.1, 0.15) is 24.4 Å². The SMILES string of the molecule is CCNC(c1ccc(F)cc1)c1nccn1C. The first kappa shape index (κ1) is 11.8. The molecule has 0 radical (unpaired) electrons. The number of halogens is 1. The van der Waals surface area contributed by atoms with Crippen LogP contribution in [0.25, 0.3) is 0 Å². The Labute approximate surface area is 100 Å². The zero-order valence-corrected chi connectivity index (χ0v) is 10.0. The van der Waals surface area contributed by atoms with E-state index < -0.39 is 0 Å². The van der Waals surface area contributed by atoms with E-state index in [1.165, 1.54) is 12.1 Å². The van der Waals surface area contributed by atoms with E-state index in [1.807, 2.05) is 24.7 Å². The summed E-state index contributed by atoms with van der Waals surface area (Å²) in [5.41, 5.74) is 1.02. The fourth-order valence-corrected chi connectivity index (χ4v) is 1.87. The molecule has 1 N–H and O–H groups in total. The summed E-state index contributed by atoms with van der Waals surface area (Å²) in [7, 11) is 1.95. The van der Waals surface area contributed by atoms with Crippen LogP contribution in [0.15, 0.2) is 36.7 Å². The average Bonchev–Trinajstić information content (AvgIpc) is 2.74. The highest BCUT2D eigenvalue weighted by atomic mass is 19.1. The van der Waals surface area contributed by atoms with Gasteiger partial charge >= 0.3 is 0 Å². The number of imidazole rings is 1. The van der Waals surface area contributed by atoms with Crippen molar-refractivity contribution in [3.05, 3.63) is 53.9 Å². The Balaban J connectivity index is 2.35. The van der Waals surface area contributed by atoms with Crippen molar-refractivity contribution in [2.24, 2.45) is 7.05 Å². The fraction of sp³-hybridized carbons (Fsp3) is 0.308. The van der Waals surface area contributed by atoms with Crippen molar-refractivity contribution >= 4 is 0 Å². The molecule has 1 aromatic heterocycles. The van der Waals surface area contributed by atoms with Gasteiger partial charge in [-0.2, -0.15) is 0 Å². The van der Waals surface area contributed by atoms with Crippen LogP contribution in [-0.4, -0.2) is 16.1 Å². The van der Waals surface area contributed by atoms with Gasteiger partial charge in [-0.05, 0) is 24.2 Å². The summed E-state index contributed by atoms with van der Waals surface area (Å²) in [6.07, 6.45) is 3.67. The normalized spacial score (nSPS) is 12.6. The Hall–Kier alpha value is -1.68. The van der Waals surface area contributed by atoms with E-state index in [0.717, 1.165) is 17.9 Å². The predicted molar refractivity (Wildman–Crippen MR) is 65.1 cm³/mol. The summed E-state index contributed by atoms with van der Waals surface area (Å²) >= 11 is 0. The molecule has 0 fully saturated rings. The molecule has 3 nitrogen and oxygen atoms in total. The lowest BCUT2D eigenvalue weighted by Crippen LogP contribution is -2.24. The van der Waals surface area contributed by atoms with Crippen molar-refractivity contribution in [3.63, 3.8) is 0 Å². The largest absolute Gasteiger partial charge is 0.336 e. The van der Waals surface area contributed by atoms with Gasteiger partial charge in [-0.1, -0.05) is 19.1 Å². The molecule has 0 saturated heterocycles. The van der Waals surface area contributed by atoms with Crippen molar-refractivity contribution < 1.29 is 4.39 Å². The summed E-state index contributed by atoms with van der Waals surface area (Å²) in [5, 5.41) is 3.36. The number of nitrogens with one attached hydrogen (secondary N) is 1. The molecule has 1 atom stereocenters. The highest BCUT2D eigenvalue weighted by molar-refractivity contribution is 5.25. The van der Waals surface area contributed by atoms with Crippen LogP contribution < -0.4 is 5.32 Å². The van der Waals surface area contributed by atoms with Crippen LogP contribution >= 0.6 is 0 Å². The average molecular weight is 233 g/mol. The quantitative estimate of drug-likeness (QED) is 0.877. The first-order valence-corrected chi connectivity index (χ1v) is 5.68. The first-order valence-electron chi connectivity index (χ1n) is 5.68. The number of nitrogens with zero attached hydrogens (tertiary/aromatic N) is 2. The zero-order chi connectivity index (χ0) is 12.3. The van der Waals surface area contributed by atoms with Crippen LogP contribution in [0.4, 0.5) is 4.39 Å². The third-order valence-electron chi connectivity index (χ3n) is 2.73. The lowest BCUT2D eigenvalue weighted by atomic mass is 10.1. The Morgan fingerprint density at radius 3 is 2.59 bits per heavy atom. The number of hydrogen-bond acceptors (Lipinski definition) is 2. The third-order valence-corrected chi connectivity index (χ3v) is 2.73. The van der Waals surface area contributed by atoms with Gasteiger partial charge in [0, 0.05) is 19.4 Å². The first-order chi connectivity index (χ1) is 8.22. The lowest BCUT2D eigenvalue weighted by Gasteiger charge is -2.18. The summed E-state index contributed by atoms with van der Waals surface area (Å²) in [5.74, 6) is 0.710. The highest BCUT2D eigenvalue weighted by Crippen LogP contribution is 2.20. The molecule has 2 aromatic rings. The van der Waals surface area contributed by atoms with E-state index in [0.29, 0.717) is 0 Å². The molecular formula is C13H16FN3. The minimum absolute atomic E-state index is 0.000556. The molecule has 0 aliphatic carbocycles. The fourth-order valence-electron chi connectivity index (χ4n) is 1.87. The Morgan fingerprint density at radius 1 is 1.35 bits per heavy atom. The van der Waals surface area contributed by atoms with Gasteiger partial charge < -0.3 is 9.88 Å². The second kappa shape index (κ2) is 5.10. The van der Waals surface area contributed by atoms with Crippen LogP contribution in [0.5, 0.6) is 0 Å². The summed E-state index contributed by atoms with van der Waals surface area (Å²) in [4.78, 5) is 4.34. The summed E-state index contributed by atoms with van der Waals surface area (Å²) in [6, 6.07) is 6.53. The number of rotatable bonds is 4. The molecule has 1 aromatic carbocycles. The van der Waals surface area contributed by atoms with Crippen molar-refractivity contribution in [1.29, 1.82) is 0 Å². The molecule has 0 saturated carbocycles. The van der Waals surface area contributed by atoms with Crippen molar-refractivity contribution in [3.8, 4) is 0 Å². The smallest absolute Gasteiger partial charge is 0.130 e. The monoisotopic (exact) mass is 233 g/mol. The van der Waals surface area contributed by atoms with Crippen molar-refractivity contribution in [2.75, 3.05) is 6.54 Å².